The molecule has 0 saturated heterocycles. The van der Waals surface area contributed by atoms with Crippen molar-refractivity contribution < 1.29 is 20.8 Å². The first-order chi connectivity index (χ1) is 25.3. The number of aryl methyl sites for hydroxylation is 4. The van der Waals surface area contributed by atoms with Gasteiger partial charge in [0.15, 0.2) is 0 Å². The predicted octanol–water partition coefficient (Wildman–Crippen LogP) is 15.2. The number of halogens is 2. The van der Waals surface area contributed by atoms with Gasteiger partial charge in [-0.15, -0.1) is 69.1 Å². The molecule has 8 rings (SSSR count). The first kappa shape index (κ1) is 39.4. The standard InChI is InChI=1S/2C23H19.C2H6Si.2ClH.Zr/c2*1-16-8-6-7-11-21(16)23-17(2)12-13-19-14-20(15-22(19)23)18-9-4-3-5-10-18;1-3-2;;;/h2*3-15H,1-2H3;1-2H3;2*1H;/q2*-1;;;;+4/p-2. The van der Waals surface area contributed by atoms with Crippen molar-refractivity contribution in [2.45, 2.75) is 40.8 Å². The number of hydrogen-bond acceptors (Lipinski definition) is 0. The molecule has 0 heterocycles. The molecule has 258 valence electrons. The van der Waals surface area contributed by atoms with Gasteiger partial charge in [-0.2, -0.15) is 0 Å². The van der Waals surface area contributed by atoms with Gasteiger partial charge in [0.05, 0.1) is 0 Å². The number of benzene rings is 6. The normalized spacial score (nSPS) is 10.3. The Balaban J connectivity index is 0.000000175. The Morgan fingerprint density at radius 2 is 0.769 bits per heavy atom. The zero-order valence-corrected chi connectivity index (χ0v) is 35.7. The van der Waals surface area contributed by atoms with Gasteiger partial charge in [-0.25, -0.2) is 0 Å². The van der Waals surface area contributed by atoms with E-state index in [0.717, 1.165) is 9.52 Å². The molecule has 0 atom stereocenters. The van der Waals surface area contributed by atoms with Crippen LogP contribution in [0.15, 0.2) is 158 Å². The quantitative estimate of drug-likeness (QED) is 0.123. The molecule has 2 radical (unpaired) electrons. The predicted molar refractivity (Wildman–Crippen MR) is 229 cm³/mol. The average Bonchev–Trinajstić information content (AvgIpc) is 3.80. The van der Waals surface area contributed by atoms with E-state index in [1.807, 2.05) is 0 Å². The second-order valence-electron chi connectivity index (χ2n) is 12.9. The molecule has 0 unspecified atom stereocenters. The molecule has 0 aliphatic carbocycles. The van der Waals surface area contributed by atoms with E-state index in [1.54, 1.807) is 0 Å². The van der Waals surface area contributed by atoms with Crippen LogP contribution >= 0.6 is 17.0 Å². The van der Waals surface area contributed by atoms with Crippen LogP contribution in [0.4, 0.5) is 0 Å². The van der Waals surface area contributed by atoms with Crippen LogP contribution < -0.4 is 0 Å². The third-order valence-electron chi connectivity index (χ3n) is 9.24. The van der Waals surface area contributed by atoms with Gasteiger partial charge < -0.3 is 0 Å². The van der Waals surface area contributed by atoms with Crippen molar-refractivity contribution in [3.8, 4) is 44.5 Å². The van der Waals surface area contributed by atoms with Crippen LogP contribution in [0.3, 0.4) is 0 Å². The summed E-state index contributed by atoms with van der Waals surface area (Å²) in [6, 6.07) is 56.7. The Bertz CT molecular complexity index is 2170. The summed E-state index contributed by atoms with van der Waals surface area (Å²) in [5.74, 6) is 0. The van der Waals surface area contributed by atoms with E-state index in [2.05, 4.69) is 199 Å². The molecule has 0 amide bonds. The van der Waals surface area contributed by atoms with E-state index in [0.29, 0.717) is 0 Å². The van der Waals surface area contributed by atoms with Crippen LogP contribution in [0.5, 0.6) is 0 Å². The van der Waals surface area contributed by atoms with Crippen molar-refractivity contribution in [1.29, 1.82) is 0 Å². The van der Waals surface area contributed by atoms with Crippen LogP contribution in [0, 0.1) is 27.7 Å². The summed E-state index contributed by atoms with van der Waals surface area (Å²) in [6.45, 7) is 13.1. The first-order valence-corrected chi connectivity index (χ1v) is 25.8. The minimum absolute atomic E-state index is 0.826. The third-order valence-corrected chi connectivity index (χ3v) is 9.24. The molecule has 0 saturated carbocycles. The summed E-state index contributed by atoms with van der Waals surface area (Å²) >= 11 is -0.826. The maximum absolute atomic E-state index is 4.93. The van der Waals surface area contributed by atoms with Gasteiger partial charge >= 0.3 is 37.9 Å². The molecule has 0 bridgehead atoms. The molecule has 0 nitrogen and oxygen atoms in total. The molecule has 0 spiro atoms. The fraction of sp³-hybridized carbons (Fsp3) is 0.125. The van der Waals surface area contributed by atoms with Gasteiger partial charge in [-0.05, 0) is 61.1 Å². The first-order valence-electron chi connectivity index (χ1n) is 17.5. The van der Waals surface area contributed by atoms with Crippen LogP contribution in [0.1, 0.15) is 22.3 Å². The SMILES string of the molecule is C[Si]C.Cc1ccccc1-c1c(C)ccc2[cH-]c(-c3ccccc3)cc12.Cc1ccccc1-c1c(C)ccc2[cH-]c(-c3ccccc3)cc12.[Cl][Zr+2][Cl]. The Labute approximate surface area is 331 Å². The van der Waals surface area contributed by atoms with E-state index in [9.17, 15) is 0 Å². The van der Waals surface area contributed by atoms with Gasteiger partial charge in [0, 0.05) is 9.52 Å². The van der Waals surface area contributed by atoms with Crippen LogP contribution in [-0.2, 0) is 20.8 Å². The van der Waals surface area contributed by atoms with Crippen LogP contribution in [-0.4, -0.2) is 9.52 Å². The Hall–Kier alpha value is -3.78. The third kappa shape index (κ3) is 9.41. The molecular formula is C48H44Cl2SiZr. The molecule has 0 aromatic heterocycles. The van der Waals surface area contributed by atoms with Gasteiger partial charge in [-0.3, -0.25) is 0 Å². The summed E-state index contributed by atoms with van der Waals surface area (Å²) in [4.78, 5) is 0. The van der Waals surface area contributed by atoms with Crippen molar-refractivity contribution in [3.63, 3.8) is 0 Å². The van der Waals surface area contributed by atoms with Gasteiger partial charge in [-0.1, -0.05) is 157 Å². The molecule has 4 heteroatoms. The molecule has 0 aliphatic heterocycles. The van der Waals surface area contributed by atoms with Crippen LogP contribution in [0.25, 0.3) is 66.1 Å². The average molecular weight is 811 g/mol. The van der Waals surface area contributed by atoms with Crippen molar-refractivity contribution in [3.05, 3.63) is 180 Å². The van der Waals surface area contributed by atoms with Gasteiger partial charge in [0.1, 0.15) is 0 Å². The Kier molecular flexibility index (Phi) is 14.7. The second-order valence-corrected chi connectivity index (χ2v) is 17.7. The number of fused-ring (bicyclic) bond motifs is 2. The molecule has 8 aromatic rings. The van der Waals surface area contributed by atoms with E-state index < -0.39 is 20.8 Å². The monoisotopic (exact) mass is 808 g/mol. The molecule has 0 fully saturated rings. The number of hydrogen-bond donors (Lipinski definition) is 0. The van der Waals surface area contributed by atoms with E-state index in [4.69, 9.17) is 17.0 Å². The van der Waals surface area contributed by atoms with Gasteiger partial charge in [0.2, 0.25) is 0 Å². The van der Waals surface area contributed by atoms with E-state index in [1.165, 1.54) is 88.3 Å². The van der Waals surface area contributed by atoms with Crippen molar-refractivity contribution >= 4 is 48.1 Å². The van der Waals surface area contributed by atoms with Crippen LogP contribution in [0.2, 0.25) is 13.1 Å². The molecule has 8 aromatic carbocycles. The van der Waals surface area contributed by atoms with E-state index >= 15 is 0 Å². The zero-order chi connectivity index (χ0) is 37.0. The molecular weight excluding hydrogens is 767 g/mol. The summed E-state index contributed by atoms with van der Waals surface area (Å²) in [5, 5.41) is 5.32. The fourth-order valence-electron chi connectivity index (χ4n) is 6.80. The maximum atomic E-state index is 4.93. The van der Waals surface area contributed by atoms with Crippen molar-refractivity contribution in [2.75, 3.05) is 0 Å². The summed E-state index contributed by atoms with van der Waals surface area (Å²) < 4.78 is 0. The summed E-state index contributed by atoms with van der Waals surface area (Å²) in [6.07, 6.45) is 0. The minimum atomic E-state index is -0.826. The van der Waals surface area contributed by atoms with Gasteiger partial charge in [0.25, 0.3) is 0 Å². The zero-order valence-electron chi connectivity index (χ0n) is 30.8. The fourth-order valence-corrected chi connectivity index (χ4v) is 6.80. The molecule has 52 heavy (non-hydrogen) atoms. The topological polar surface area (TPSA) is 0 Å². The van der Waals surface area contributed by atoms with Crippen molar-refractivity contribution in [1.82, 2.24) is 0 Å². The van der Waals surface area contributed by atoms with Crippen molar-refractivity contribution in [2.24, 2.45) is 0 Å². The molecule has 0 aliphatic rings. The Morgan fingerprint density at radius 3 is 1.12 bits per heavy atom. The second kappa shape index (κ2) is 19.3. The van der Waals surface area contributed by atoms with E-state index in [-0.39, 0.29) is 0 Å². The summed E-state index contributed by atoms with van der Waals surface area (Å²) in [5.41, 5.74) is 15.8. The Morgan fingerprint density at radius 1 is 0.442 bits per heavy atom. The molecule has 0 N–H and O–H groups in total. The number of rotatable bonds is 4. The summed E-state index contributed by atoms with van der Waals surface area (Å²) in [7, 11) is 11.0.